The highest BCUT2D eigenvalue weighted by molar-refractivity contribution is 6.07. The van der Waals surface area contributed by atoms with E-state index in [9.17, 15) is 4.79 Å². The molecule has 0 aliphatic heterocycles. The number of hydrogen-bond donors (Lipinski definition) is 0. The summed E-state index contributed by atoms with van der Waals surface area (Å²) in [7, 11) is 1.61. The second-order valence-corrected chi connectivity index (χ2v) is 4.13. The summed E-state index contributed by atoms with van der Waals surface area (Å²) in [5.41, 5.74) is 1.78. The van der Waals surface area contributed by atoms with Gasteiger partial charge in [-0.05, 0) is 31.4 Å². The van der Waals surface area contributed by atoms with E-state index >= 15 is 0 Å². The average molecular weight is 186 g/mol. The van der Waals surface area contributed by atoms with Crippen molar-refractivity contribution in [1.82, 2.24) is 0 Å². The minimum absolute atomic E-state index is 0.0569. The Morgan fingerprint density at radius 3 is 2.93 bits per heavy atom. The molecule has 70 valence electrons. The molecule has 1 fully saturated rings. The number of methoxy groups -OCH3 is 1. The van der Waals surface area contributed by atoms with Gasteiger partial charge in [0, 0.05) is 16.5 Å². The summed E-state index contributed by atoms with van der Waals surface area (Å²) in [5.74, 6) is 0.982. The van der Waals surface area contributed by atoms with Crippen molar-refractivity contribution in [2.45, 2.75) is 19.3 Å². The Morgan fingerprint density at radius 2 is 2.29 bits per heavy atom. The minimum Gasteiger partial charge on any atom is -0.488 e. The Kier molecular flexibility index (Phi) is 1.29. The third-order valence-electron chi connectivity index (χ3n) is 3.30. The summed E-state index contributed by atoms with van der Waals surface area (Å²) in [6.45, 7) is 0. The number of fused-ring (bicyclic) bond motifs is 1. The van der Waals surface area contributed by atoms with Gasteiger partial charge in [-0.1, -0.05) is 6.07 Å². The van der Waals surface area contributed by atoms with Gasteiger partial charge in [0.2, 0.25) is 0 Å². The maximum Gasteiger partial charge on any atom is 0.173 e. The van der Waals surface area contributed by atoms with E-state index in [1.165, 1.54) is 0 Å². The zero-order valence-electron chi connectivity index (χ0n) is 8.02. The Labute approximate surface area is 82.9 Å². The zero-order chi connectivity index (χ0) is 9.76. The standard InChI is InChI=1S/C12H10O2/c1-14-10-4-2-3-8-9(10)7-12(5-6-12)11(8)13/h3H,5-7H2,1H3. The first-order valence-electron chi connectivity index (χ1n) is 4.81. The Balaban J connectivity index is 2.17. The molecule has 1 aromatic carbocycles. The van der Waals surface area contributed by atoms with Gasteiger partial charge in [-0.25, -0.2) is 0 Å². The fourth-order valence-corrected chi connectivity index (χ4v) is 2.27. The molecule has 2 heteroatoms. The van der Waals surface area contributed by atoms with Gasteiger partial charge in [0.1, 0.15) is 0 Å². The van der Waals surface area contributed by atoms with Crippen molar-refractivity contribution >= 4 is 5.78 Å². The first kappa shape index (κ1) is 7.87. The molecule has 0 heterocycles. The first-order valence-corrected chi connectivity index (χ1v) is 4.81. The maximum atomic E-state index is 12.0. The molecule has 2 aliphatic rings. The van der Waals surface area contributed by atoms with Gasteiger partial charge in [0.25, 0.3) is 0 Å². The summed E-state index contributed by atoms with van der Waals surface area (Å²) in [6, 6.07) is 7.49. The predicted octanol–water partition coefficient (Wildman–Crippen LogP) is 1.81. The second kappa shape index (κ2) is 2.30. The molecular formula is C12H10O2. The number of hydrogen-bond acceptors (Lipinski definition) is 2. The van der Waals surface area contributed by atoms with E-state index in [2.05, 4.69) is 12.1 Å². The van der Waals surface area contributed by atoms with E-state index in [-0.39, 0.29) is 11.2 Å². The molecule has 0 unspecified atom stereocenters. The van der Waals surface area contributed by atoms with Crippen LogP contribution in [0.3, 0.4) is 0 Å². The van der Waals surface area contributed by atoms with Crippen molar-refractivity contribution in [3.63, 3.8) is 0 Å². The monoisotopic (exact) mass is 186 g/mol. The number of rotatable bonds is 1. The fourth-order valence-electron chi connectivity index (χ4n) is 2.27. The van der Waals surface area contributed by atoms with Crippen molar-refractivity contribution in [2.24, 2.45) is 5.41 Å². The number of ether oxygens (including phenoxy) is 1. The summed E-state index contributed by atoms with van der Waals surface area (Å²) in [4.78, 5) is 12.0. The molecule has 0 bridgehead atoms. The number of carbonyl (C=O) groups is 1. The van der Waals surface area contributed by atoms with Crippen molar-refractivity contribution in [3.8, 4) is 5.75 Å². The van der Waals surface area contributed by atoms with Crippen LogP contribution in [0.1, 0.15) is 28.8 Å². The maximum absolute atomic E-state index is 12.0. The molecule has 14 heavy (non-hydrogen) atoms. The Bertz CT molecular complexity index is 416. The summed E-state index contributed by atoms with van der Waals surface area (Å²) in [6.07, 6.45) is 2.91. The van der Waals surface area contributed by atoms with Crippen LogP contribution in [0.4, 0.5) is 0 Å². The van der Waals surface area contributed by atoms with Crippen LogP contribution in [0.2, 0.25) is 0 Å². The van der Waals surface area contributed by atoms with Crippen molar-refractivity contribution in [2.75, 3.05) is 7.11 Å². The lowest BCUT2D eigenvalue weighted by Gasteiger charge is -2.01. The second-order valence-electron chi connectivity index (χ2n) is 4.13. The molecule has 1 aromatic rings. The van der Waals surface area contributed by atoms with E-state index in [0.717, 1.165) is 30.4 Å². The van der Waals surface area contributed by atoms with Crippen LogP contribution in [-0.2, 0) is 6.42 Å². The van der Waals surface area contributed by atoms with Gasteiger partial charge < -0.3 is 4.74 Å². The molecular weight excluding hydrogens is 176 g/mol. The van der Waals surface area contributed by atoms with E-state index in [4.69, 9.17) is 4.74 Å². The quantitative estimate of drug-likeness (QED) is 0.668. The van der Waals surface area contributed by atoms with Gasteiger partial charge >= 0.3 is 0 Å². The van der Waals surface area contributed by atoms with E-state index < -0.39 is 0 Å². The van der Waals surface area contributed by atoms with Gasteiger partial charge in [-0.15, -0.1) is 0 Å². The number of ketones is 1. The van der Waals surface area contributed by atoms with Gasteiger partial charge in [-0.2, -0.15) is 0 Å². The average Bonchev–Trinajstić information content (AvgIpc) is 2.92. The van der Waals surface area contributed by atoms with E-state index in [1.54, 1.807) is 13.2 Å². The molecule has 0 aromatic heterocycles. The van der Waals surface area contributed by atoms with Crippen molar-refractivity contribution < 1.29 is 9.53 Å². The molecule has 1 spiro atoms. The van der Waals surface area contributed by atoms with Crippen LogP contribution in [-0.4, -0.2) is 12.9 Å². The molecule has 0 saturated heterocycles. The molecule has 0 amide bonds. The van der Waals surface area contributed by atoms with Crippen LogP contribution in [0.25, 0.3) is 0 Å². The molecule has 3 rings (SSSR count). The van der Waals surface area contributed by atoms with Crippen LogP contribution in [0.15, 0.2) is 6.07 Å². The molecule has 2 nitrogen and oxygen atoms in total. The number of carbonyl (C=O) groups excluding carboxylic acids is 1. The zero-order valence-corrected chi connectivity index (χ0v) is 8.02. The highest BCUT2D eigenvalue weighted by Gasteiger charge is 2.55. The molecule has 1 saturated carbocycles. The minimum atomic E-state index is -0.0569. The SMILES string of the molecule is COc1c#ccc2c1CC1(CC1)C2=O. The van der Waals surface area contributed by atoms with Crippen LogP contribution in [0.5, 0.6) is 5.75 Å². The van der Waals surface area contributed by atoms with Gasteiger partial charge in [-0.3, -0.25) is 4.79 Å². The van der Waals surface area contributed by atoms with E-state index in [1.807, 2.05) is 0 Å². The first-order chi connectivity index (χ1) is 6.77. The third-order valence-corrected chi connectivity index (χ3v) is 3.30. The topological polar surface area (TPSA) is 26.3 Å². The summed E-state index contributed by atoms with van der Waals surface area (Å²) < 4.78 is 5.19. The van der Waals surface area contributed by atoms with Crippen molar-refractivity contribution in [3.05, 3.63) is 29.3 Å². The van der Waals surface area contributed by atoms with Crippen molar-refractivity contribution in [1.29, 1.82) is 0 Å². The molecule has 0 N–H and O–H groups in total. The lowest BCUT2D eigenvalue weighted by molar-refractivity contribution is 0.0919. The Hall–Kier alpha value is -1.49. The highest BCUT2D eigenvalue weighted by atomic mass is 16.5. The predicted molar refractivity (Wildman–Crippen MR) is 50.4 cm³/mol. The fraction of sp³-hybridized carbons (Fsp3) is 0.417. The normalized spacial score (nSPS) is 20.5. The largest absolute Gasteiger partial charge is 0.488 e. The van der Waals surface area contributed by atoms with Gasteiger partial charge in [0.05, 0.1) is 7.11 Å². The van der Waals surface area contributed by atoms with Crippen LogP contribution < -0.4 is 4.74 Å². The Morgan fingerprint density at radius 1 is 1.50 bits per heavy atom. The van der Waals surface area contributed by atoms with Gasteiger partial charge in [0.15, 0.2) is 11.5 Å². The number of Topliss-reactive ketones (excluding diaryl/α,β-unsaturated/α-hetero) is 1. The van der Waals surface area contributed by atoms with Crippen LogP contribution >= 0.6 is 0 Å². The smallest absolute Gasteiger partial charge is 0.173 e. The lowest BCUT2D eigenvalue weighted by Crippen LogP contribution is -2.08. The van der Waals surface area contributed by atoms with Crippen LogP contribution in [0, 0.1) is 17.5 Å². The third kappa shape index (κ3) is 0.798. The summed E-state index contributed by atoms with van der Waals surface area (Å²) >= 11 is 0. The molecule has 0 radical (unpaired) electrons. The summed E-state index contributed by atoms with van der Waals surface area (Å²) in [5, 5.41) is 0. The van der Waals surface area contributed by atoms with E-state index in [0.29, 0.717) is 5.75 Å². The molecule has 2 aliphatic carbocycles. The highest BCUT2D eigenvalue weighted by Crippen LogP contribution is 2.56. The molecule has 0 atom stereocenters. The lowest BCUT2D eigenvalue weighted by atomic mass is 10.0.